The highest BCUT2D eigenvalue weighted by atomic mass is 35.5. The summed E-state index contributed by atoms with van der Waals surface area (Å²) in [6.45, 7) is 0.655. The van der Waals surface area contributed by atoms with Crippen molar-refractivity contribution < 1.29 is 9.53 Å². The molecule has 2 aromatic carbocycles. The Morgan fingerprint density at radius 2 is 1.88 bits per heavy atom. The highest BCUT2D eigenvalue weighted by Gasteiger charge is 2.19. The predicted molar refractivity (Wildman–Crippen MR) is 128 cm³/mol. The van der Waals surface area contributed by atoms with Gasteiger partial charge in [-0.05, 0) is 23.8 Å². The number of rotatable bonds is 8. The van der Waals surface area contributed by atoms with Crippen LogP contribution in [-0.4, -0.2) is 34.2 Å². The van der Waals surface area contributed by atoms with Gasteiger partial charge in [0.2, 0.25) is 0 Å². The van der Waals surface area contributed by atoms with E-state index in [4.69, 9.17) is 16.3 Å². The first-order valence-electron chi connectivity index (χ1n) is 10.2. The Labute approximate surface area is 193 Å². The standard InChI is InChI=1S/C23H22ClN5O4/c1-33-10-9-29-20(27-21(30)18-11-15-7-8-16(24)12-17(15)26-18)19(22(31)28-23(29)32)25-13-14-5-3-2-4-6-14/h2-8,11-12,25-26H,9-10,13H2,1H3,(H,27,30)(H,28,31,32). The van der Waals surface area contributed by atoms with Crippen LogP contribution in [0.1, 0.15) is 16.1 Å². The number of H-pyrrole nitrogens is 2. The zero-order valence-electron chi connectivity index (χ0n) is 17.8. The van der Waals surface area contributed by atoms with Gasteiger partial charge in [-0.1, -0.05) is 48.0 Å². The van der Waals surface area contributed by atoms with Crippen LogP contribution in [-0.2, 0) is 17.8 Å². The summed E-state index contributed by atoms with van der Waals surface area (Å²) in [7, 11) is 1.50. The Hall–Kier alpha value is -3.82. The molecular weight excluding hydrogens is 446 g/mol. The monoisotopic (exact) mass is 467 g/mol. The third kappa shape index (κ3) is 5.00. The zero-order chi connectivity index (χ0) is 23.4. The number of anilines is 2. The van der Waals surface area contributed by atoms with Crippen molar-refractivity contribution in [1.82, 2.24) is 14.5 Å². The lowest BCUT2D eigenvalue weighted by atomic mass is 10.2. The maximum atomic E-state index is 13.1. The second kappa shape index (κ2) is 9.76. The van der Waals surface area contributed by atoms with E-state index in [1.54, 1.807) is 24.3 Å². The molecule has 0 atom stereocenters. The van der Waals surface area contributed by atoms with Crippen LogP contribution in [0.3, 0.4) is 0 Å². The van der Waals surface area contributed by atoms with E-state index in [2.05, 4.69) is 20.6 Å². The summed E-state index contributed by atoms with van der Waals surface area (Å²) in [5.41, 5.74) is 0.660. The van der Waals surface area contributed by atoms with Gasteiger partial charge in [0.25, 0.3) is 11.5 Å². The molecule has 4 rings (SSSR count). The van der Waals surface area contributed by atoms with Crippen molar-refractivity contribution in [3.63, 3.8) is 0 Å². The molecule has 0 radical (unpaired) electrons. The average molecular weight is 468 g/mol. The molecule has 2 aromatic heterocycles. The molecule has 9 nitrogen and oxygen atoms in total. The molecule has 0 saturated carbocycles. The first-order valence-corrected chi connectivity index (χ1v) is 10.6. The summed E-state index contributed by atoms with van der Waals surface area (Å²) in [5, 5.41) is 7.10. The minimum Gasteiger partial charge on any atom is -0.383 e. The molecule has 0 spiro atoms. The Morgan fingerprint density at radius 1 is 1.09 bits per heavy atom. The van der Waals surface area contributed by atoms with E-state index >= 15 is 0 Å². The maximum Gasteiger partial charge on any atom is 0.330 e. The zero-order valence-corrected chi connectivity index (χ0v) is 18.5. The van der Waals surface area contributed by atoms with Gasteiger partial charge in [0, 0.05) is 29.6 Å². The lowest BCUT2D eigenvalue weighted by Crippen LogP contribution is -2.36. The van der Waals surface area contributed by atoms with Crippen LogP contribution >= 0.6 is 11.6 Å². The largest absolute Gasteiger partial charge is 0.383 e. The van der Waals surface area contributed by atoms with Crippen molar-refractivity contribution in [1.29, 1.82) is 0 Å². The Bertz CT molecular complexity index is 1410. The van der Waals surface area contributed by atoms with Crippen LogP contribution in [0.4, 0.5) is 11.5 Å². The van der Waals surface area contributed by atoms with E-state index in [1.165, 1.54) is 11.7 Å². The fourth-order valence-corrected chi connectivity index (χ4v) is 3.62. The van der Waals surface area contributed by atoms with E-state index in [0.717, 1.165) is 10.9 Å². The molecule has 2 heterocycles. The van der Waals surface area contributed by atoms with Crippen LogP contribution in [0.5, 0.6) is 0 Å². The first kappa shape index (κ1) is 22.4. The summed E-state index contributed by atoms with van der Waals surface area (Å²) in [4.78, 5) is 43.6. The van der Waals surface area contributed by atoms with Crippen LogP contribution in [0, 0.1) is 0 Å². The second-order valence-corrected chi connectivity index (χ2v) is 7.77. The number of nitrogens with zero attached hydrogens (tertiary/aromatic N) is 1. The minimum atomic E-state index is -0.652. The summed E-state index contributed by atoms with van der Waals surface area (Å²) < 4.78 is 6.35. The lowest BCUT2D eigenvalue weighted by Gasteiger charge is -2.17. The first-order chi connectivity index (χ1) is 16.0. The van der Waals surface area contributed by atoms with E-state index in [0.29, 0.717) is 17.1 Å². The van der Waals surface area contributed by atoms with Gasteiger partial charge in [0.15, 0.2) is 0 Å². The van der Waals surface area contributed by atoms with Crippen molar-refractivity contribution in [3.8, 4) is 0 Å². The Kier molecular flexibility index (Phi) is 6.62. The van der Waals surface area contributed by atoms with Crippen molar-refractivity contribution in [2.75, 3.05) is 24.4 Å². The van der Waals surface area contributed by atoms with Crippen molar-refractivity contribution in [2.45, 2.75) is 13.1 Å². The summed E-state index contributed by atoms with van der Waals surface area (Å²) in [6, 6.07) is 16.3. The molecule has 33 heavy (non-hydrogen) atoms. The van der Waals surface area contributed by atoms with Gasteiger partial charge in [-0.2, -0.15) is 0 Å². The molecule has 10 heteroatoms. The Morgan fingerprint density at radius 3 is 2.64 bits per heavy atom. The van der Waals surface area contributed by atoms with Crippen LogP contribution in [0.2, 0.25) is 5.02 Å². The number of aromatic nitrogens is 3. The van der Waals surface area contributed by atoms with Gasteiger partial charge in [-0.15, -0.1) is 0 Å². The van der Waals surface area contributed by atoms with Gasteiger partial charge in [-0.25, -0.2) is 4.79 Å². The Balaban J connectivity index is 1.71. The van der Waals surface area contributed by atoms with Gasteiger partial charge >= 0.3 is 5.69 Å². The number of halogens is 1. The molecule has 4 N–H and O–H groups in total. The van der Waals surface area contributed by atoms with Gasteiger partial charge in [0.1, 0.15) is 17.2 Å². The lowest BCUT2D eigenvalue weighted by molar-refractivity contribution is 0.102. The number of fused-ring (bicyclic) bond motifs is 1. The highest BCUT2D eigenvalue weighted by molar-refractivity contribution is 6.31. The summed E-state index contributed by atoms with van der Waals surface area (Å²) in [6.07, 6.45) is 0. The number of carbonyl (C=O) groups is 1. The number of aromatic amines is 2. The number of amides is 1. The smallest absolute Gasteiger partial charge is 0.330 e. The quantitative estimate of drug-likeness (QED) is 0.317. The third-order valence-corrected chi connectivity index (χ3v) is 5.33. The molecule has 0 fully saturated rings. The normalized spacial score (nSPS) is 11.0. The predicted octanol–water partition coefficient (Wildman–Crippen LogP) is 3.18. The number of methoxy groups -OCH3 is 1. The van der Waals surface area contributed by atoms with Crippen molar-refractivity contribution in [3.05, 3.63) is 91.7 Å². The van der Waals surface area contributed by atoms with Crippen LogP contribution in [0.15, 0.2) is 64.2 Å². The number of hydrogen-bond donors (Lipinski definition) is 4. The van der Waals surface area contributed by atoms with E-state index in [-0.39, 0.29) is 30.4 Å². The molecule has 1 amide bonds. The van der Waals surface area contributed by atoms with Gasteiger partial charge in [-0.3, -0.25) is 19.1 Å². The number of hydrogen-bond acceptors (Lipinski definition) is 5. The molecular formula is C23H22ClN5O4. The number of carbonyl (C=O) groups excluding carboxylic acids is 1. The molecule has 0 aliphatic carbocycles. The SMILES string of the molecule is COCCn1c(NC(=O)c2cc3ccc(Cl)cc3[nH]2)c(NCc2ccccc2)c(=O)[nH]c1=O. The van der Waals surface area contributed by atoms with Crippen LogP contribution < -0.4 is 21.9 Å². The van der Waals surface area contributed by atoms with E-state index in [9.17, 15) is 14.4 Å². The molecule has 0 unspecified atom stereocenters. The number of benzene rings is 2. The molecule has 0 aliphatic rings. The topological polar surface area (TPSA) is 121 Å². The minimum absolute atomic E-state index is 0.0541. The molecule has 0 saturated heterocycles. The number of nitrogens with one attached hydrogen (secondary N) is 4. The third-order valence-electron chi connectivity index (χ3n) is 5.09. The fourth-order valence-electron chi connectivity index (χ4n) is 3.44. The maximum absolute atomic E-state index is 13.1. The van der Waals surface area contributed by atoms with Gasteiger partial charge in [0.05, 0.1) is 13.2 Å². The van der Waals surface area contributed by atoms with Crippen molar-refractivity contribution in [2.24, 2.45) is 0 Å². The molecule has 4 aromatic rings. The number of ether oxygens (including phenoxy) is 1. The molecule has 0 bridgehead atoms. The molecule has 0 aliphatic heterocycles. The summed E-state index contributed by atoms with van der Waals surface area (Å²) in [5.74, 6) is -0.459. The van der Waals surface area contributed by atoms with Crippen molar-refractivity contribution >= 4 is 39.9 Å². The second-order valence-electron chi connectivity index (χ2n) is 7.34. The highest BCUT2D eigenvalue weighted by Crippen LogP contribution is 2.22. The van der Waals surface area contributed by atoms with E-state index < -0.39 is 17.2 Å². The average Bonchev–Trinajstić information content (AvgIpc) is 3.22. The molecule has 170 valence electrons. The van der Waals surface area contributed by atoms with Crippen LogP contribution in [0.25, 0.3) is 10.9 Å². The van der Waals surface area contributed by atoms with E-state index in [1.807, 2.05) is 30.3 Å². The summed E-state index contributed by atoms with van der Waals surface area (Å²) >= 11 is 6.03. The van der Waals surface area contributed by atoms with Gasteiger partial charge < -0.3 is 20.4 Å². The fraction of sp³-hybridized carbons (Fsp3) is 0.174.